The number of hydrogen-bond acceptors (Lipinski definition) is 5. The number of nitrogens with two attached hydrogens (primary N) is 1. The number of ether oxygens (including phenoxy) is 2. The fourth-order valence-corrected chi connectivity index (χ4v) is 2.49. The molecule has 7 nitrogen and oxygen atoms in total. The Kier molecular flexibility index (Phi) is 6.30. The summed E-state index contributed by atoms with van der Waals surface area (Å²) in [6.07, 6.45) is 1.43. The van der Waals surface area contributed by atoms with Crippen LogP contribution < -0.4 is 25.6 Å². The lowest BCUT2D eigenvalue weighted by Gasteiger charge is -2.07. The zero-order valence-electron chi connectivity index (χ0n) is 13.2. The number of anilines is 1. The number of carbonyl (C=O) groups excluding carboxylic acids is 1. The first kappa shape index (κ1) is 19.1. The van der Waals surface area contributed by atoms with Crippen molar-refractivity contribution in [2.75, 3.05) is 20.0 Å². The topological polar surface area (TPSA) is 100 Å². The predicted octanol–water partition coefficient (Wildman–Crippen LogP) is 2.82. The van der Waals surface area contributed by atoms with Crippen LogP contribution >= 0.6 is 34.8 Å². The number of aromatic nitrogens is 1. The SMILES string of the molecule is COc1ccc(/C=N\NC(=O)c2[nH+]c(Cl)c(Cl)c(N)c2Cl)cc1OC. The molecule has 4 N–H and O–H groups in total. The number of carbonyl (C=O) groups is 1. The largest absolute Gasteiger partial charge is 0.493 e. The summed E-state index contributed by atoms with van der Waals surface area (Å²) < 4.78 is 10.3. The van der Waals surface area contributed by atoms with Crippen LogP contribution in [0.5, 0.6) is 11.5 Å². The number of hydrogen-bond donors (Lipinski definition) is 2. The van der Waals surface area contributed by atoms with Crippen LogP contribution in [-0.2, 0) is 0 Å². The van der Waals surface area contributed by atoms with Gasteiger partial charge in [-0.15, -0.1) is 0 Å². The van der Waals surface area contributed by atoms with E-state index in [1.165, 1.54) is 20.4 Å². The van der Waals surface area contributed by atoms with Crippen molar-refractivity contribution in [3.8, 4) is 11.5 Å². The number of benzene rings is 1. The minimum absolute atomic E-state index is 0.00102. The smallest absolute Gasteiger partial charge is 0.337 e. The third kappa shape index (κ3) is 4.25. The first-order valence-corrected chi connectivity index (χ1v) is 7.93. The molecular weight excluding hydrogens is 391 g/mol. The Labute approximate surface area is 158 Å². The molecule has 132 valence electrons. The number of H-pyrrole nitrogens is 1. The second-order valence-corrected chi connectivity index (χ2v) is 5.80. The van der Waals surface area contributed by atoms with Crippen LogP contribution in [0.25, 0.3) is 0 Å². The molecule has 1 aromatic carbocycles. The molecule has 2 aromatic rings. The monoisotopic (exact) mass is 403 g/mol. The average molecular weight is 405 g/mol. The van der Waals surface area contributed by atoms with Gasteiger partial charge in [0.05, 0.1) is 26.1 Å². The Morgan fingerprint density at radius 1 is 1.20 bits per heavy atom. The molecule has 0 unspecified atom stereocenters. The lowest BCUT2D eigenvalue weighted by atomic mass is 10.2. The van der Waals surface area contributed by atoms with E-state index in [4.69, 9.17) is 50.0 Å². The van der Waals surface area contributed by atoms with Crippen molar-refractivity contribution in [1.29, 1.82) is 0 Å². The number of hydrazone groups is 1. The van der Waals surface area contributed by atoms with E-state index in [-0.39, 0.29) is 26.6 Å². The Balaban J connectivity index is 2.16. The number of amides is 1. The van der Waals surface area contributed by atoms with E-state index in [9.17, 15) is 4.79 Å². The Hall–Kier alpha value is -2.22. The summed E-state index contributed by atoms with van der Waals surface area (Å²) in [5, 5.41) is 3.84. The molecule has 0 aliphatic rings. The molecule has 0 fully saturated rings. The van der Waals surface area contributed by atoms with E-state index in [1.54, 1.807) is 18.2 Å². The maximum Gasteiger partial charge on any atom is 0.337 e. The van der Waals surface area contributed by atoms with E-state index >= 15 is 0 Å². The minimum Gasteiger partial charge on any atom is -0.493 e. The van der Waals surface area contributed by atoms with Gasteiger partial charge in [-0.2, -0.15) is 10.1 Å². The van der Waals surface area contributed by atoms with Gasteiger partial charge in [-0.05, 0) is 35.4 Å². The molecule has 1 amide bonds. The fraction of sp³-hybridized carbons (Fsp3) is 0.133. The summed E-state index contributed by atoms with van der Waals surface area (Å²) in [4.78, 5) is 14.7. The van der Waals surface area contributed by atoms with Gasteiger partial charge < -0.3 is 15.2 Å². The average Bonchev–Trinajstić information content (AvgIpc) is 2.62. The minimum atomic E-state index is -0.632. The highest BCUT2D eigenvalue weighted by atomic mass is 35.5. The van der Waals surface area contributed by atoms with Gasteiger partial charge in [0.25, 0.3) is 10.8 Å². The molecule has 25 heavy (non-hydrogen) atoms. The molecule has 0 bridgehead atoms. The van der Waals surface area contributed by atoms with E-state index in [2.05, 4.69) is 15.5 Å². The number of halogens is 3. The van der Waals surface area contributed by atoms with Crippen LogP contribution in [0.4, 0.5) is 5.69 Å². The highest BCUT2D eigenvalue weighted by Crippen LogP contribution is 2.32. The molecule has 0 saturated carbocycles. The van der Waals surface area contributed by atoms with Gasteiger partial charge in [0.15, 0.2) is 11.5 Å². The van der Waals surface area contributed by atoms with Crippen molar-refractivity contribution in [2.24, 2.45) is 5.10 Å². The van der Waals surface area contributed by atoms with Crippen LogP contribution in [0.2, 0.25) is 15.2 Å². The van der Waals surface area contributed by atoms with Gasteiger partial charge >= 0.3 is 5.91 Å². The lowest BCUT2D eigenvalue weighted by molar-refractivity contribution is -0.379. The van der Waals surface area contributed by atoms with Crippen molar-refractivity contribution in [2.45, 2.75) is 0 Å². The molecule has 0 saturated heterocycles. The van der Waals surface area contributed by atoms with Gasteiger partial charge in [-0.3, -0.25) is 4.79 Å². The molecule has 1 aromatic heterocycles. The van der Waals surface area contributed by atoms with Crippen molar-refractivity contribution in [3.05, 3.63) is 44.7 Å². The Morgan fingerprint density at radius 3 is 2.52 bits per heavy atom. The number of aromatic amines is 1. The van der Waals surface area contributed by atoms with Gasteiger partial charge in [0, 0.05) is 0 Å². The third-order valence-corrected chi connectivity index (χ3v) is 4.30. The molecule has 0 radical (unpaired) electrons. The van der Waals surface area contributed by atoms with E-state index in [0.717, 1.165) is 0 Å². The second kappa shape index (κ2) is 8.24. The van der Waals surface area contributed by atoms with Crippen molar-refractivity contribution in [1.82, 2.24) is 5.43 Å². The fourth-order valence-electron chi connectivity index (χ4n) is 1.88. The molecule has 2 rings (SSSR count). The summed E-state index contributed by atoms with van der Waals surface area (Å²) in [7, 11) is 3.06. The van der Waals surface area contributed by atoms with E-state index in [1.807, 2.05) is 0 Å². The zero-order valence-corrected chi connectivity index (χ0v) is 15.5. The van der Waals surface area contributed by atoms with Crippen molar-refractivity contribution < 1.29 is 19.3 Å². The number of nitrogen functional groups attached to an aromatic ring is 1. The third-order valence-electron chi connectivity index (χ3n) is 3.13. The quantitative estimate of drug-likeness (QED) is 0.454. The number of rotatable bonds is 5. The van der Waals surface area contributed by atoms with Gasteiger partial charge in [0.2, 0.25) is 0 Å². The first-order valence-electron chi connectivity index (χ1n) is 6.79. The first-order chi connectivity index (χ1) is 11.9. The highest BCUT2D eigenvalue weighted by molar-refractivity contribution is 6.45. The summed E-state index contributed by atoms with van der Waals surface area (Å²) >= 11 is 17.7. The molecule has 0 aliphatic carbocycles. The maximum atomic E-state index is 12.2. The molecular formula is C15H14Cl3N4O3+. The highest BCUT2D eigenvalue weighted by Gasteiger charge is 2.25. The van der Waals surface area contributed by atoms with Crippen LogP contribution in [0.15, 0.2) is 23.3 Å². The number of methoxy groups -OCH3 is 2. The van der Waals surface area contributed by atoms with Crippen LogP contribution in [-0.4, -0.2) is 26.3 Å². The number of pyridine rings is 1. The zero-order chi connectivity index (χ0) is 18.6. The van der Waals surface area contributed by atoms with Crippen LogP contribution in [0, 0.1) is 0 Å². The lowest BCUT2D eigenvalue weighted by Crippen LogP contribution is -2.28. The molecule has 0 aliphatic heterocycles. The van der Waals surface area contributed by atoms with Crippen molar-refractivity contribution >= 4 is 52.6 Å². The van der Waals surface area contributed by atoms with Gasteiger partial charge in [-0.25, -0.2) is 5.43 Å². The second-order valence-electron chi connectivity index (χ2n) is 4.67. The predicted molar refractivity (Wildman–Crippen MR) is 97.0 cm³/mol. The molecule has 1 heterocycles. The molecule has 0 atom stereocenters. The van der Waals surface area contributed by atoms with Crippen LogP contribution in [0.3, 0.4) is 0 Å². The number of nitrogens with zero attached hydrogens (tertiary/aromatic N) is 1. The summed E-state index contributed by atoms with van der Waals surface area (Å²) in [6.45, 7) is 0. The number of nitrogens with one attached hydrogen (secondary N) is 2. The molecule has 10 heteroatoms. The van der Waals surface area contributed by atoms with Gasteiger partial charge in [-0.1, -0.05) is 23.2 Å². The normalized spacial score (nSPS) is 10.8. The summed E-state index contributed by atoms with van der Waals surface area (Å²) in [5.41, 5.74) is 8.63. The van der Waals surface area contributed by atoms with Crippen molar-refractivity contribution in [3.63, 3.8) is 0 Å². The molecule has 0 spiro atoms. The summed E-state index contributed by atoms with van der Waals surface area (Å²) in [5.74, 6) is 0.481. The Morgan fingerprint density at radius 2 is 1.88 bits per heavy atom. The standard InChI is InChI=1S/C15H13Cl3N4O3/c1-24-8-4-3-7(5-9(8)25-2)6-20-22-15(23)13-10(16)12(19)11(17)14(18)21-13/h3-6H,1-2H3,(H2,19,21)(H,22,23)/p+1/b20-6-. The Bertz CT molecular complexity index is 843. The van der Waals surface area contributed by atoms with E-state index < -0.39 is 5.91 Å². The maximum absolute atomic E-state index is 12.2. The van der Waals surface area contributed by atoms with Gasteiger partial charge in [0.1, 0.15) is 10.0 Å². The summed E-state index contributed by atoms with van der Waals surface area (Å²) in [6, 6.07) is 5.16. The van der Waals surface area contributed by atoms with E-state index in [0.29, 0.717) is 17.1 Å². The van der Waals surface area contributed by atoms with Crippen LogP contribution in [0.1, 0.15) is 16.1 Å².